The van der Waals surface area contributed by atoms with Crippen molar-refractivity contribution in [2.75, 3.05) is 13.1 Å². The van der Waals surface area contributed by atoms with Crippen LogP contribution in [0.15, 0.2) is 59.4 Å². The van der Waals surface area contributed by atoms with Gasteiger partial charge in [0.15, 0.2) is 0 Å². The van der Waals surface area contributed by atoms with Crippen LogP contribution in [0.3, 0.4) is 0 Å². The third kappa shape index (κ3) is 3.64. The second kappa shape index (κ2) is 7.19. The average Bonchev–Trinajstić information content (AvgIpc) is 3.08. The molecule has 0 aliphatic carbocycles. The third-order valence-electron chi connectivity index (χ3n) is 5.11. The number of H-pyrrole nitrogens is 1. The highest BCUT2D eigenvalue weighted by Gasteiger charge is 2.24. The molecule has 0 unspecified atom stereocenters. The van der Waals surface area contributed by atoms with Crippen molar-refractivity contribution in [2.45, 2.75) is 31.7 Å². The van der Waals surface area contributed by atoms with Gasteiger partial charge < -0.3 is 4.98 Å². The van der Waals surface area contributed by atoms with E-state index in [1.807, 2.05) is 24.3 Å². The highest BCUT2D eigenvalue weighted by Crippen LogP contribution is 2.21. The van der Waals surface area contributed by atoms with Gasteiger partial charge in [-0.3, -0.25) is 9.69 Å². The second-order valence-corrected chi connectivity index (χ2v) is 6.80. The van der Waals surface area contributed by atoms with E-state index in [1.165, 1.54) is 18.4 Å². The Morgan fingerprint density at radius 1 is 1.08 bits per heavy atom. The van der Waals surface area contributed by atoms with Crippen LogP contribution in [0.4, 0.5) is 0 Å². The van der Waals surface area contributed by atoms with E-state index in [1.54, 1.807) is 0 Å². The number of rotatable bonds is 5. The Morgan fingerprint density at radius 2 is 1.88 bits per heavy atom. The maximum atomic E-state index is 12.2. The minimum atomic E-state index is -0.0390. The van der Waals surface area contributed by atoms with E-state index >= 15 is 0 Å². The van der Waals surface area contributed by atoms with Crippen LogP contribution in [0.5, 0.6) is 0 Å². The number of hydrogen-bond donors (Lipinski definition) is 1. The molecule has 0 saturated carbocycles. The molecule has 4 nitrogen and oxygen atoms in total. The van der Waals surface area contributed by atoms with Gasteiger partial charge in [-0.2, -0.15) is 0 Å². The van der Waals surface area contributed by atoms with E-state index < -0.39 is 0 Å². The van der Waals surface area contributed by atoms with Gasteiger partial charge in [-0.25, -0.2) is 4.98 Å². The van der Waals surface area contributed by atoms with Crippen molar-refractivity contribution < 1.29 is 0 Å². The summed E-state index contributed by atoms with van der Waals surface area (Å²) in [5.41, 5.74) is 2.14. The van der Waals surface area contributed by atoms with Gasteiger partial charge in [-0.1, -0.05) is 42.5 Å². The van der Waals surface area contributed by atoms with E-state index in [0.717, 1.165) is 37.3 Å². The Balaban J connectivity index is 1.44. The molecular formula is C21H23N3O. The Hall–Kier alpha value is -2.46. The number of fused-ring (bicyclic) bond motifs is 1. The molecule has 3 aromatic rings. The lowest BCUT2D eigenvalue weighted by molar-refractivity contribution is 0.254. The fourth-order valence-electron chi connectivity index (χ4n) is 3.81. The molecule has 1 aliphatic rings. The van der Waals surface area contributed by atoms with Gasteiger partial charge in [-0.15, -0.1) is 0 Å². The first-order chi connectivity index (χ1) is 12.3. The maximum absolute atomic E-state index is 12.2. The Bertz CT molecular complexity index is 904. The van der Waals surface area contributed by atoms with Crippen LogP contribution in [0, 0.1) is 0 Å². The summed E-state index contributed by atoms with van der Waals surface area (Å²) < 4.78 is 0. The monoisotopic (exact) mass is 333 g/mol. The molecule has 4 rings (SSSR count). The molecule has 1 saturated heterocycles. The molecule has 1 aliphatic heterocycles. The summed E-state index contributed by atoms with van der Waals surface area (Å²) >= 11 is 0. The lowest BCUT2D eigenvalue weighted by Crippen LogP contribution is -2.33. The smallest absolute Gasteiger partial charge is 0.258 e. The Kier molecular flexibility index (Phi) is 4.61. The van der Waals surface area contributed by atoms with Crippen LogP contribution in [0.25, 0.3) is 10.9 Å². The van der Waals surface area contributed by atoms with Crippen LogP contribution in [-0.4, -0.2) is 34.0 Å². The standard InChI is InChI=1S/C21H23N3O/c25-21-18-10-4-5-11-19(18)22-20(23-21)12-14-24-13-6-9-17(24)15-16-7-2-1-3-8-16/h1-5,7-8,10-11,17H,6,9,12-15H2,(H,22,23,25)/t17-/m0/s1. The number of para-hydroxylation sites is 1. The van der Waals surface area contributed by atoms with E-state index in [2.05, 4.69) is 45.2 Å². The predicted molar refractivity (Wildman–Crippen MR) is 101 cm³/mol. The molecule has 1 atom stereocenters. The van der Waals surface area contributed by atoms with Gasteiger partial charge in [-0.05, 0) is 43.5 Å². The fourth-order valence-corrected chi connectivity index (χ4v) is 3.81. The molecule has 4 heteroatoms. The van der Waals surface area contributed by atoms with Crippen molar-refractivity contribution in [1.29, 1.82) is 0 Å². The molecule has 0 radical (unpaired) electrons. The summed E-state index contributed by atoms with van der Waals surface area (Å²) in [6.07, 6.45) is 4.38. The molecule has 2 aromatic carbocycles. The van der Waals surface area contributed by atoms with E-state index in [-0.39, 0.29) is 5.56 Å². The SMILES string of the molecule is O=c1[nH]c(CCN2CCC[C@H]2Cc2ccccc2)nc2ccccc12. The van der Waals surface area contributed by atoms with Gasteiger partial charge in [0.1, 0.15) is 5.82 Å². The summed E-state index contributed by atoms with van der Waals surface area (Å²) in [4.78, 5) is 22.3. The number of benzene rings is 2. The van der Waals surface area contributed by atoms with Crippen molar-refractivity contribution in [3.8, 4) is 0 Å². The molecule has 2 heterocycles. The largest absolute Gasteiger partial charge is 0.310 e. The average molecular weight is 333 g/mol. The molecule has 0 spiro atoms. The van der Waals surface area contributed by atoms with E-state index in [0.29, 0.717) is 11.4 Å². The van der Waals surface area contributed by atoms with Crippen molar-refractivity contribution in [3.05, 3.63) is 76.3 Å². The summed E-state index contributed by atoms with van der Waals surface area (Å²) in [5.74, 6) is 0.786. The minimum absolute atomic E-state index is 0.0390. The van der Waals surface area contributed by atoms with Gasteiger partial charge in [0.05, 0.1) is 10.9 Å². The van der Waals surface area contributed by atoms with Gasteiger partial charge in [0.25, 0.3) is 5.56 Å². The van der Waals surface area contributed by atoms with Crippen LogP contribution < -0.4 is 5.56 Å². The second-order valence-electron chi connectivity index (χ2n) is 6.80. The molecule has 25 heavy (non-hydrogen) atoms. The Morgan fingerprint density at radius 3 is 2.76 bits per heavy atom. The first-order valence-electron chi connectivity index (χ1n) is 9.05. The first-order valence-corrected chi connectivity index (χ1v) is 9.05. The maximum Gasteiger partial charge on any atom is 0.258 e. The number of hydrogen-bond acceptors (Lipinski definition) is 3. The number of nitrogens with zero attached hydrogens (tertiary/aromatic N) is 2. The summed E-state index contributed by atoms with van der Waals surface area (Å²) in [6.45, 7) is 2.08. The lowest BCUT2D eigenvalue weighted by atomic mass is 10.0. The topological polar surface area (TPSA) is 49.0 Å². The summed E-state index contributed by atoms with van der Waals surface area (Å²) in [7, 11) is 0. The Labute approximate surface area is 147 Å². The zero-order valence-electron chi connectivity index (χ0n) is 14.3. The van der Waals surface area contributed by atoms with Crippen LogP contribution in [0.1, 0.15) is 24.2 Å². The number of nitrogens with one attached hydrogen (secondary N) is 1. The molecule has 0 bridgehead atoms. The molecule has 1 fully saturated rings. The molecule has 1 aromatic heterocycles. The molecule has 128 valence electrons. The minimum Gasteiger partial charge on any atom is -0.310 e. The highest BCUT2D eigenvalue weighted by molar-refractivity contribution is 5.77. The normalized spacial score (nSPS) is 18.0. The molecule has 0 amide bonds. The number of likely N-dealkylation sites (tertiary alicyclic amines) is 1. The molecular weight excluding hydrogens is 310 g/mol. The van der Waals surface area contributed by atoms with Crippen LogP contribution in [0.2, 0.25) is 0 Å². The highest BCUT2D eigenvalue weighted by atomic mass is 16.1. The summed E-state index contributed by atoms with van der Waals surface area (Å²) in [6, 6.07) is 18.8. The predicted octanol–water partition coefficient (Wildman–Crippen LogP) is 3.17. The van der Waals surface area contributed by atoms with E-state index in [9.17, 15) is 4.79 Å². The van der Waals surface area contributed by atoms with Crippen LogP contribution >= 0.6 is 0 Å². The zero-order valence-corrected chi connectivity index (χ0v) is 14.3. The van der Waals surface area contributed by atoms with Crippen LogP contribution in [-0.2, 0) is 12.8 Å². The number of aromatic amines is 1. The number of aromatic nitrogens is 2. The van der Waals surface area contributed by atoms with Crippen molar-refractivity contribution in [2.24, 2.45) is 0 Å². The van der Waals surface area contributed by atoms with Gasteiger partial charge in [0, 0.05) is 19.0 Å². The van der Waals surface area contributed by atoms with Gasteiger partial charge in [0.2, 0.25) is 0 Å². The zero-order chi connectivity index (χ0) is 17.1. The summed E-state index contributed by atoms with van der Waals surface area (Å²) in [5, 5.41) is 0.661. The van der Waals surface area contributed by atoms with E-state index in [4.69, 9.17) is 0 Å². The lowest BCUT2D eigenvalue weighted by Gasteiger charge is -2.24. The fraction of sp³-hybridized carbons (Fsp3) is 0.333. The van der Waals surface area contributed by atoms with Crippen molar-refractivity contribution >= 4 is 10.9 Å². The quantitative estimate of drug-likeness (QED) is 0.780. The van der Waals surface area contributed by atoms with Crippen molar-refractivity contribution in [3.63, 3.8) is 0 Å². The third-order valence-corrected chi connectivity index (χ3v) is 5.11. The van der Waals surface area contributed by atoms with Crippen molar-refractivity contribution in [1.82, 2.24) is 14.9 Å². The first kappa shape index (κ1) is 16.0. The van der Waals surface area contributed by atoms with Gasteiger partial charge >= 0.3 is 0 Å². The molecule has 1 N–H and O–H groups in total.